The van der Waals surface area contributed by atoms with Gasteiger partial charge in [-0.3, -0.25) is 10.1 Å². The summed E-state index contributed by atoms with van der Waals surface area (Å²) in [6.07, 6.45) is 0. The molecule has 3 N–H and O–H groups in total. The van der Waals surface area contributed by atoms with Crippen LogP contribution < -0.4 is 11.1 Å². The normalized spacial score (nSPS) is 13.7. The first kappa shape index (κ1) is 11.2. The van der Waals surface area contributed by atoms with Crippen LogP contribution in [-0.4, -0.2) is 17.3 Å². The molecule has 3 amide bonds. The van der Waals surface area contributed by atoms with Gasteiger partial charge in [-0.05, 0) is 5.41 Å². The Kier molecular flexibility index (Phi) is 3.52. The molecule has 0 heterocycles. The predicted octanol–water partition coefficient (Wildman–Crippen LogP) is 0.835. The van der Waals surface area contributed by atoms with E-state index >= 15 is 0 Å². The molecular weight excluding hydrogens is 180 g/mol. The van der Waals surface area contributed by atoms with Gasteiger partial charge in [0.25, 0.3) is 0 Å². The van der Waals surface area contributed by atoms with E-state index in [9.17, 15) is 9.59 Å². The minimum atomic E-state index is -0.880. The summed E-state index contributed by atoms with van der Waals surface area (Å²) in [6.45, 7) is 5.39. The average molecular weight is 193 g/mol. The van der Waals surface area contributed by atoms with Crippen molar-refractivity contribution in [2.75, 3.05) is 0 Å². The van der Waals surface area contributed by atoms with Gasteiger partial charge in [-0.1, -0.05) is 20.8 Å². The van der Waals surface area contributed by atoms with E-state index in [1.165, 1.54) is 0 Å². The molecule has 0 aromatic rings. The number of carbonyl (C=O) groups is 2. The zero-order valence-electron chi connectivity index (χ0n) is 7.35. The molecule has 0 aliphatic carbocycles. The van der Waals surface area contributed by atoms with Gasteiger partial charge in [-0.25, -0.2) is 4.79 Å². The maximum absolute atomic E-state index is 11.1. The van der Waals surface area contributed by atoms with Crippen molar-refractivity contribution in [2.24, 2.45) is 11.1 Å². The SMILES string of the molecule is CC(C)(C)C(Cl)C(=O)NC(N)=O. The van der Waals surface area contributed by atoms with Crippen LogP contribution in [0.2, 0.25) is 0 Å². The van der Waals surface area contributed by atoms with Crippen LogP contribution in [0.5, 0.6) is 0 Å². The molecule has 5 heteroatoms. The molecule has 70 valence electrons. The van der Waals surface area contributed by atoms with Crippen molar-refractivity contribution < 1.29 is 9.59 Å². The monoisotopic (exact) mass is 192 g/mol. The lowest BCUT2D eigenvalue weighted by Gasteiger charge is -2.23. The summed E-state index contributed by atoms with van der Waals surface area (Å²) in [5.74, 6) is -0.559. The molecule has 12 heavy (non-hydrogen) atoms. The average Bonchev–Trinajstić information content (AvgIpc) is 1.82. The number of imide groups is 1. The number of carbonyl (C=O) groups excluding carboxylic acids is 2. The van der Waals surface area contributed by atoms with E-state index in [1.807, 2.05) is 5.32 Å². The number of hydrogen-bond acceptors (Lipinski definition) is 2. The topological polar surface area (TPSA) is 72.2 Å². The summed E-state index contributed by atoms with van der Waals surface area (Å²) >= 11 is 5.73. The van der Waals surface area contributed by atoms with Gasteiger partial charge in [0.1, 0.15) is 5.38 Å². The number of nitrogens with one attached hydrogen (secondary N) is 1. The van der Waals surface area contributed by atoms with Crippen LogP contribution in [0.25, 0.3) is 0 Å². The van der Waals surface area contributed by atoms with Gasteiger partial charge in [0.2, 0.25) is 5.91 Å². The van der Waals surface area contributed by atoms with Crippen LogP contribution in [-0.2, 0) is 4.79 Å². The molecule has 1 atom stereocenters. The summed E-state index contributed by atoms with van der Waals surface area (Å²) in [6, 6.07) is -0.880. The standard InChI is InChI=1S/C7H13ClN2O2/c1-7(2,3)4(8)5(11)10-6(9)12/h4H,1-3H3,(H3,9,10,11,12). The lowest BCUT2D eigenvalue weighted by Crippen LogP contribution is -2.44. The summed E-state index contributed by atoms with van der Waals surface area (Å²) in [5, 5.41) is 1.16. The minimum absolute atomic E-state index is 0.388. The third-order valence-electron chi connectivity index (χ3n) is 1.24. The first-order chi connectivity index (χ1) is 5.25. The quantitative estimate of drug-likeness (QED) is 0.605. The Morgan fingerprint density at radius 2 is 1.83 bits per heavy atom. The molecule has 0 aromatic carbocycles. The van der Waals surface area contributed by atoms with Crippen LogP contribution in [0.15, 0.2) is 0 Å². The smallest absolute Gasteiger partial charge is 0.318 e. The number of primary amides is 1. The molecule has 4 nitrogen and oxygen atoms in total. The Morgan fingerprint density at radius 3 is 2.08 bits per heavy atom. The summed E-state index contributed by atoms with van der Waals surface area (Å²) < 4.78 is 0. The number of hydrogen-bond donors (Lipinski definition) is 2. The lowest BCUT2D eigenvalue weighted by atomic mass is 9.91. The highest BCUT2D eigenvalue weighted by Gasteiger charge is 2.29. The van der Waals surface area contributed by atoms with E-state index in [2.05, 4.69) is 0 Å². The van der Waals surface area contributed by atoms with Gasteiger partial charge in [0.15, 0.2) is 0 Å². The van der Waals surface area contributed by atoms with E-state index in [-0.39, 0.29) is 5.41 Å². The van der Waals surface area contributed by atoms with Gasteiger partial charge < -0.3 is 5.73 Å². The molecule has 0 spiro atoms. The molecule has 0 saturated carbocycles. The zero-order valence-corrected chi connectivity index (χ0v) is 8.11. The second-order valence-electron chi connectivity index (χ2n) is 3.58. The first-order valence-electron chi connectivity index (χ1n) is 3.49. The molecule has 0 radical (unpaired) electrons. The van der Waals surface area contributed by atoms with E-state index < -0.39 is 17.3 Å². The minimum Gasteiger partial charge on any atom is -0.351 e. The Morgan fingerprint density at radius 1 is 1.42 bits per heavy atom. The maximum Gasteiger partial charge on any atom is 0.318 e. The third-order valence-corrected chi connectivity index (χ3v) is 2.09. The van der Waals surface area contributed by atoms with Crippen molar-refractivity contribution in [1.82, 2.24) is 5.32 Å². The highest BCUT2D eigenvalue weighted by Crippen LogP contribution is 2.24. The van der Waals surface area contributed by atoms with Crippen molar-refractivity contribution in [2.45, 2.75) is 26.1 Å². The van der Waals surface area contributed by atoms with Crippen molar-refractivity contribution >= 4 is 23.5 Å². The van der Waals surface area contributed by atoms with Gasteiger partial charge in [0.05, 0.1) is 0 Å². The summed E-state index contributed by atoms with van der Waals surface area (Å²) in [5.41, 5.74) is 4.36. The molecule has 1 unspecified atom stereocenters. The Labute approximate surface area is 76.4 Å². The van der Waals surface area contributed by atoms with Crippen LogP contribution in [0.4, 0.5) is 4.79 Å². The van der Waals surface area contributed by atoms with Gasteiger partial charge in [-0.15, -0.1) is 11.6 Å². The molecule has 0 rings (SSSR count). The molecule has 0 aromatic heterocycles. The van der Waals surface area contributed by atoms with E-state index in [0.29, 0.717) is 0 Å². The van der Waals surface area contributed by atoms with Crippen molar-refractivity contribution in [3.05, 3.63) is 0 Å². The van der Waals surface area contributed by atoms with Gasteiger partial charge in [-0.2, -0.15) is 0 Å². The highest BCUT2D eigenvalue weighted by atomic mass is 35.5. The number of urea groups is 1. The predicted molar refractivity (Wildman–Crippen MR) is 46.8 cm³/mol. The van der Waals surface area contributed by atoms with E-state index in [0.717, 1.165) is 0 Å². The largest absolute Gasteiger partial charge is 0.351 e. The molecule has 0 fully saturated rings. The molecule has 0 aliphatic rings. The van der Waals surface area contributed by atoms with Gasteiger partial charge in [0, 0.05) is 0 Å². The van der Waals surface area contributed by atoms with Crippen LogP contribution in [0.3, 0.4) is 0 Å². The molecular formula is C7H13ClN2O2. The maximum atomic E-state index is 11.1. The second kappa shape index (κ2) is 3.76. The Balaban J connectivity index is 4.21. The number of amides is 3. The second-order valence-corrected chi connectivity index (χ2v) is 4.02. The van der Waals surface area contributed by atoms with E-state index in [4.69, 9.17) is 17.3 Å². The molecule has 0 bridgehead atoms. The van der Waals surface area contributed by atoms with Crippen molar-refractivity contribution in [1.29, 1.82) is 0 Å². The molecule has 0 saturated heterocycles. The van der Waals surface area contributed by atoms with Crippen LogP contribution in [0.1, 0.15) is 20.8 Å². The molecule has 0 aliphatic heterocycles. The van der Waals surface area contributed by atoms with Crippen LogP contribution in [0, 0.1) is 5.41 Å². The first-order valence-corrected chi connectivity index (χ1v) is 3.93. The summed E-state index contributed by atoms with van der Waals surface area (Å²) in [7, 11) is 0. The number of rotatable bonds is 1. The fourth-order valence-electron chi connectivity index (χ4n) is 0.578. The van der Waals surface area contributed by atoms with E-state index in [1.54, 1.807) is 20.8 Å². The third kappa shape index (κ3) is 3.57. The van der Waals surface area contributed by atoms with Gasteiger partial charge >= 0.3 is 6.03 Å². The van der Waals surface area contributed by atoms with Crippen molar-refractivity contribution in [3.8, 4) is 0 Å². The Bertz CT molecular complexity index is 198. The zero-order chi connectivity index (χ0) is 9.94. The number of halogens is 1. The Hall–Kier alpha value is -0.770. The fraction of sp³-hybridized carbons (Fsp3) is 0.714. The summed E-state index contributed by atoms with van der Waals surface area (Å²) in [4.78, 5) is 21.3. The number of nitrogens with two attached hydrogens (primary N) is 1. The van der Waals surface area contributed by atoms with Crippen molar-refractivity contribution in [3.63, 3.8) is 0 Å². The highest BCUT2D eigenvalue weighted by molar-refractivity contribution is 6.32. The van der Waals surface area contributed by atoms with Crippen LogP contribution >= 0.6 is 11.6 Å². The fourth-order valence-corrected chi connectivity index (χ4v) is 0.633. The lowest BCUT2D eigenvalue weighted by molar-refractivity contribution is -0.121. The number of alkyl halides is 1.